The van der Waals surface area contributed by atoms with Gasteiger partial charge in [0.15, 0.2) is 0 Å². The number of anilines is 2. The van der Waals surface area contributed by atoms with Crippen LogP contribution in [0.3, 0.4) is 0 Å². The number of aromatic nitrogens is 1. The van der Waals surface area contributed by atoms with Crippen molar-refractivity contribution in [2.75, 3.05) is 5.32 Å². The minimum absolute atomic E-state index is 0. The molecule has 1 N–H and O–H groups in total. The van der Waals surface area contributed by atoms with Gasteiger partial charge in [0.05, 0.1) is 5.52 Å². The van der Waals surface area contributed by atoms with Crippen molar-refractivity contribution in [2.45, 2.75) is 20.8 Å². The second kappa shape index (κ2) is 6.15. The second-order valence-electron chi connectivity index (χ2n) is 5.27. The summed E-state index contributed by atoms with van der Waals surface area (Å²) in [7, 11) is 0. The van der Waals surface area contributed by atoms with E-state index < -0.39 is 0 Å². The number of nitrogens with one attached hydrogen (secondary N) is 1. The Kier molecular flexibility index (Phi) is 4.49. The molecule has 0 spiro atoms. The van der Waals surface area contributed by atoms with Crippen molar-refractivity contribution in [3.05, 3.63) is 65.2 Å². The van der Waals surface area contributed by atoms with Crippen LogP contribution in [0, 0.1) is 20.8 Å². The van der Waals surface area contributed by atoms with Gasteiger partial charge in [0.1, 0.15) is 5.82 Å². The number of benzene rings is 2. The van der Waals surface area contributed by atoms with Gasteiger partial charge >= 0.3 is 0 Å². The number of para-hydroxylation sites is 1. The predicted molar refractivity (Wildman–Crippen MR) is 92.9 cm³/mol. The molecule has 0 aliphatic heterocycles. The van der Waals surface area contributed by atoms with Crippen LogP contribution < -0.4 is 5.32 Å². The summed E-state index contributed by atoms with van der Waals surface area (Å²) in [6, 6.07) is 16.7. The average Bonchev–Trinajstić information content (AvgIpc) is 2.43. The number of fused-ring (bicyclic) bond motifs is 1. The summed E-state index contributed by atoms with van der Waals surface area (Å²) in [5, 5.41) is 4.60. The van der Waals surface area contributed by atoms with Crippen LogP contribution in [0.5, 0.6) is 0 Å². The zero-order valence-electron chi connectivity index (χ0n) is 12.5. The van der Waals surface area contributed by atoms with Crippen LogP contribution in [0.4, 0.5) is 11.5 Å². The molecule has 21 heavy (non-hydrogen) atoms. The van der Waals surface area contributed by atoms with Crippen LogP contribution in [0.2, 0.25) is 0 Å². The maximum absolute atomic E-state index is 4.67. The van der Waals surface area contributed by atoms with Gasteiger partial charge < -0.3 is 5.32 Å². The van der Waals surface area contributed by atoms with E-state index in [-0.39, 0.29) is 12.4 Å². The standard InChI is InChI=1S/C18H18N2.ClH/c1-12-8-9-15(10-13(12)2)19-18-11-14(3)16-6-4-5-7-17(16)20-18;/h4-11H,1-3H3,(H,19,20);1H. The van der Waals surface area contributed by atoms with E-state index in [9.17, 15) is 0 Å². The van der Waals surface area contributed by atoms with Crippen molar-refractivity contribution < 1.29 is 0 Å². The molecule has 3 heteroatoms. The van der Waals surface area contributed by atoms with Gasteiger partial charge in [-0.25, -0.2) is 4.98 Å². The first-order chi connectivity index (χ1) is 9.63. The smallest absolute Gasteiger partial charge is 0.131 e. The Hall–Kier alpha value is -2.06. The molecular weight excluding hydrogens is 280 g/mol. The molecule has 1 aromatic heterocycles. The molecule has 108 valence electrons. The Labute approximate surface area is 131 Å². The van der Waals surface area contributed by atoms with Crippen LogP contribution in [0.15, 0.2) is 48.5 Å². The molecule has 0 amide bonds. The molecule has 3 aromatic rings. The van der Waals surface area contributed by atoms with Crippen LogP contribution in [0.25, 0.3) is 10.9 Å². The third kappa shape index (κ3) is 3.17. The van der Waals surface area contributed by atoms with E-state index in [0.717, 1.165) is 17.0 Å². The van der Waals surface area contributed by atoms with Gasteiger partial charge in [-0.05, 0) is 61.7 Å². The summed E-state index contributed by atoms with van der Waals surface area (Å²) < 4.78 is 0. The molecular formula is C18H19ClN2. The predicted octanol–water partition coefficient (Wildman–Crippen LogP) is 5.33. The number of nitrogens with zero attached hydrogens (tertiary/aromatic N) is 1. The molecule has 0 atom stereocenters. The monoisotopic (exact) mass is 298 g/mol. The quantitative estimate of drug-likeness (QED) is 0.692. The van der Waals surface area contributed by atoms with Gasteiger partial charge in [0, 0.05) is 11.1 Å². The Morgan fingerprint density at radius 1 is 0.810 bits per heavy atom. The van der Waals surface area contributed by atoms with Gasteiger partial charge in [-0.3, -0.25) is 0 Å². The van der Waals surface area contributed by atoms with Crippen molar-refractivity contribution in [2.24, 2.45) is 0 Å². The van der Waals surface area contributed by atoms with Gasteiger partial charge in [0.25, 0.3) is 0 Å². The minimum atomic E-state index is 0. The van der Waals surface area contributed by atoms with Gasteiger partial charge in [-0.1, -0.05) is 24.3 Å². The highest BCUT2D eigenvalue weighted by Gasteiger charge is 2.03. The SMILES string of the molecule is Cc1ccc(Nc2cc(C)c3ccccc3n2)cc1C.Cl. The summed E-state index contributed by atoms with van der Waals surface area (Å²) in [5.41, 5.74) is 5.93. The lowest BCUT2D eigenvalue weighted by atomic mass is 10.1. The lowest BCUT2D eigenvalue weighted by Crippen LogP contribution is -1.96. The summed E-state index contributed by atoms with van der Waals surface area (Å²) >= 11 is 0. The second-order valence-corrected chi connectivity index (χ2v) is 5.27. The topological polar surface area (TPSA) is 24.9 Å². The Morgan fingerprint density at radius 3 is 2.33 bits per heavy atom. The molecule has 2 aromatic carbocycles. The van der Waals surface area contributed by atoms with Crippen molar-refractivity contribution >= 4 is 34.8 Å². The van der Waals surface area contributed by atoms with E-state index in [4.69, 9.17) is 0 Å². The van der Waals surface area contributed by atoms with Crippen molar-refractivity contribution in [1.29, 1.82) is 0 Å². The summed E-state index contributed by atoms with van der Waals surface area (Å²) in [5.74, 6) is 0.893. The lowest BCUT2D eigenvalue weighted by molar-refractivity contribution is 1.31. The zero-order valence-corrected chi connectivity index (χ0v) is 13.3. The maximum Gasteiger partial charge on any atom is 0.131 e. The molecule has 0 aliphatic carbocycles. The van der Waals surface area contributed by atoms with E-state index in [1.165, 1.54) is 22.1 Å². The van der Waals surface area contributed by atoms with Gasteiger partial charge in [-0.2, -0.15) is 0 Å². The first kappa shape index (κ1) is 15.3. The highest BCUT2D eigenvalue weighted by Crippen LogP contribution is 2.23. The summed E-state index contributed by atoms with van der Waals surface area (Å²) in [4.78, 5) is 4.67. The molecule has 1 heterocycles. The third-order valence-electron chi connectivity index (χ3n) is 3.70. The Morgan fingerprint density at radius 2 is 1.57 bits per heavy atom. The Balaban J connectivity index is 0.00000161. The maximum atomic E-state index is 4.67. The fourth-order valence-corrected chi connectivity index (χ4v) is 2.38. The number of hydrogen-bond donors (Lipinski definition) is 1. The molecule has 0 saturated carbocycles. The normalized spacial score (nSPS) is 10.2. The fraction of sp³-hybridized carbons (Fsp3) is 0.167. The number of rotatable bonds is 2. The van der Waals surface area contributed by atoms with E-state index in [1.54, 1.807) is 0 Å². The zero-order chi connectivity index (χ0) is 14.1. The van der Waals surface area contributed by atoms with Crippen molar-refractivity contribution in [3.63, 3.8) is 0 Å². The highest BCUT2D eigenvalue weighted by atomic mass is 35.5. The molecule has 0 bridgehead atoms. The van der Waals surface area contributed by atoms with Crippen LogP contribution >= 0.6 is 12.4 Å². The van der Waals surface area contributed by atoms with Crippen molar-refractivity contribution in [3.8, 4) is 0 Å². The number of pyridine rings is 1. The first-order valence-corrected chi connectivity index (χ1v) is 6.84. The molecule has 0 radical (unpaired) electrons. The highest BCUT2D eigenvalue weighted by molar-refractivity contribution is 5.85. The number of halogens is 1. The minimum Gasteiger partial charge on any atom is -0.340 e. The third-order valence-corrected chi connectivity index (χ3v) is 3.70. The number of hydrogen-bond acceptors (Lipinski definition) is 2. The summed E-state index contributed by atoms with van der Waals surface area (Å²) in [6.07, 6.45) is 0. The van der Waals surface area contributed by atoms with E-state index in [0.29, 0.717) is 0 Å². The largest absolute Gasteiger partial charge is 0.340 e. The molecule has 0 fully saturated rings. The van der Waals surface area contributed by atoms with Crippen LogP contribution in [-0.4, -0.2) is 4.98 Å². The number of aryl methyl sites for hydroxylation is 3. The Bertz CT molecular complexity index is 781. The van der Waals surface area contributed by atoms with Crippen LogP contribution in [0.1, 0.15) is 16.7 Å². The van der Waals surface area contributed by atoms with E-state index >= 15 is 0 Å². The lowest BCUT2D eigenvalue weighted by Gasteiger charge is -2.10. The van der Waals surface area contributed by atoms with Crippen LogP contribution in [-0.2, 0) is 0 Å². The summed E-state index contributed by atoms with van der Waals surface area (Å²) in [6.45, 7) is 6.37. The first-order valence-electron chi connectivity index (χ1n) is 6.84. The molecule has 0 aliphatic rings. The molecule has 0 unspecified atom stereocenters. The van der Waals surface area contributed by atoms with Gasteiger partial charge in [-0.15, -0.1) is 12.4 Å². The molecule has 2 nitrogen and oxygen atoms in total. The van der Waals surface area contributed by atoms with Gasteiger partial charge in [0.2, 0.25) is 0 Å². The van der Waals surface area contributed by atoms with E-state index in [2.05, 4.69) is 61.4 Å². The molecule has 3 rings (SSSR count). The average molecular weight is 299 g/mol. The molecule has 0 saturated heterocycles. The van der Waals surface area contributed by atoms with Crippen molar-refractivity contribution in [1.82, 2.24) is 4.98 Å². The fourth-order valence-electron chi connectivity index (χ4n) is 2.38. The van der Waals surface area contributed by atoms with E-state index in [1.807, 2.05) is 18.2 Å².